The van der Waals surface area contributed by atoms with E-state index in [1.807, 2.05) is 16.9 Å². The molecule has 0 aliphatic heterocycles. The van der Waals surface area contributed by atoms with E-state index in [0.29, 0.717) is 5.82 Å². The van der Waals surface area contributed by atoms with Gasteiger partial charge in [-0.1, -0.05) is 0 Å². The summed E-state index contributed by atoms with van der Waals surface area (Å²) in [7, 11) is 2.20. The van der Waals surface area contributed by atoms with Gasteiger partial charge in [-0.05, 0) is 38.9 Å². The zero-order valence-electron chi connectivity index (χ0n) is 8.69. The van der Waals surface area contributed by atoms with Gasteiger partial charge < -0.3 is 10.6 Å². The summed E-state index contributed by atoms with van der Waals surface area (Å²) in [4.78, 5) is 2.44. The van der Waals surface area contributed by atoms with E-state index in [-0.39, 0.29) is 0 Å². The van der Waals surface area contributed by atoms with Gasteiger partial charge in [0.05, 0.1) is 0 Å². The Morgan fingerprint density at radius 2 is 2.43 bits per heavy atom. The van der Waals surface area contributed by atoms with Crippen molar-refractivity contribution in [2.24, 2.45) is 0 Å². The van der Waals surface area contributed by atoms with E-state index < -0.39 is 0 Å². The Hall–Kier alpha value is -1.03. The molecule has 0 saturated heterocycles. The smallest absolute Gasteiger partial charge is 0.145 e. The molecule has 4 heteroatoms. The van der Waals surface area contributed by atoms with Crippen LogP contribution in [0, 0.1) is 0 Å². The van der Waals surface area contributed by atoms with Crippen LogP contribution in [0.3, 0.4) is 0 Å². The Kier molecular flexibility index (Phi) is 2.72. The van der Waals surface area contributed by atoms with Crippen molar-refractivity contribution < 1.29 is 0 Å². The van der Waals surface area contributed by atoms with E-state index in [9.17, 15) is 0 Å². The minimum absolute atomic E-state index is 0.612. The fourth-order valence-electron chi connectivity index (χ4n) is 1.68. The normalized spacial score (nSPS) is 16.4. The number of nitrogens with two attached hydrogens (primary N) is 1. The predicted octanol–water partition coefficient (Wildman–Crippen LogP) is 0.950. The van der Waals surface area contributed by atoms with E-state index in [1.165, 1.54) is 12.8 Å². The summed E-state index contributed by atoms with van der Waals surface area (Å²) in [6.45, 7) is 2.12. The van der Waals surface area contributed by atoms with Crippen molar-refractivity contribution in [3.63, 3.8) is 0 Å². The number of hydrogen-bond acceptors (Lipinski definition) is 3. The number of anilines is 1. The lowest BCUT2D eigenvalue weighted by Crippen LogP contribution is -2.22. The van der Waals surface area contributed by atoms with Crippen LogP contribution in [-0.2, 0) is 6.54 Å². The van der Waals surface area contributed by atoms with Gasteiger partial charge in [-0.3, -0.25) is 4.68 Å². The molecule has 4 nitrogen and oxygen atoms in total. The molecule has 1 aliphatic rings. The van der Waals surface area contributed by atoms with Gasteiger partial charge in [-0.25, -0.2) is 0 Å². The summed E-state index contributed by atoms with van der Waals surface area (Å²) >= 11 is 0. The first-order valence-electron chi connectivity index (χ1n) is 5.25. The van der Waals surface area contributed by atoms with Crippen LogP contribution >= 0.6 is 0 Å². The Morgan fingerprint density at radius 1 is 1.64 bits per heavy atom. The number of aryl methyl sites for hydroxylation is 1. The molecule has 0 spiro atoms. The van der Waals surface area contributed by atoms with E-state index in [0.717, 1.165) is 25.6 Å². The maximum Gasteiger partial charge on any atom is 0.145 e. The first kappa shape index (κ1) is 9.52. The highest BCUT2D eigenvalue weighted by Gasteiger charge is 2.25. The molecule has 1 aromatic rings. The molecule has 1 saturated carbocycles. The first-order valence-corrected chi connectivity index (χ1v) is 5.25. The molecule has 78 valence electrons. The van der Waals surface area contributed by atoms with Gasteiger partial charge in [0.15, 0.2) is 0 Å². The van der Waals surface area contributed by atoms with Gasteiger partial charge in [-0.15, -0.1) is 0 Å². The summed E-state index contributed by atoms with van der Waals surface area (Å²) in [5, 5.41) is 4.14. The van der Waals surface area contributed by atoms with Gasteiger partial charge in [0.25, 0.3) is 0 Å². The third kappa shape index (κ3) is 2.48. The van der Waals surface area contributed by atoms with Crippen LogP contribution in [0.2, 0.25) is 0 Å². The van der Waals surface area contributed by atoms with E-state index in [2.05, 4.69) is 17.0 Å². The van der Waals surface area contributed by atoms with Crippen LogP contribution < -0.4 is 5.73 Å². The highest BCUT2D eigenvalue weighted by atomic mass is 15.3. The fraction of sp³-hybridized carbons (Fsp3) is 0.700. The molecule has 1 heterocycles. The van der Waals surface area contributed by atoms with Crippen LogP contribution in [0.25, 0.3) is 0 Å². The molecule has 1 aromatic heterocycles. The quantitative estimate of drug-likeness (QED) is 0.759. The first-order chi connectivity index (χ1) is 6.75. The SMILES string of the molecule is CN(CCCn1ccc(N)n1)C1CC1. The number of nitrogen functional groups attached to an aromatic ring is 1. The van der Waals surface area contributed by atoms with Gasteiger partial charge in [0, 0.05) is 18.8 Å². The Balaban J connectivity index is 1.67. The predicted molar refractivity (Wildman–Crippen MR) is 56.9 cm³/mol. The van der Waals surface area contributed by atoms with Gasteiger partial charge in [0.1, 0.15) is 5.82 Å². The molecule has 0 bridgehead atoms. The number of hydrogen-bond donors (Lipinski definition) is 1. The van der Waals surface area contributed by atoms with Crippen molar-refractivity contribution in [2.75, 3.05) is 19.3 Å². The Labute approximate surface area is 84.7 Å². The molecule has 0 aromatic carbocycles. The number of rotatable bonds is 5. The number of aromatic nitrogens is 2. The third-order valence-electron chi connectivity index (χ3n) is 2.73. The molecule has 2 rings (SSSR count). The largest absolute Gasteiger partial charge is 0.382 e. The van der Waals surface area contributed by atoms with Crippen molar-refractivity contribution >= 4 is 5.82 Å². The van der Waals surface area contributed by atoms with Gasteiger partial charge in [-0.2, -0.15) is 5.10 Å². The second kappa shape index (κ2) is 4.00. The monoisotopic (exact) mass is 194 g/mol. The molecule has 1 fully saturated rings. The molecule has 0 atom stereocenters. The molecular weight excluding hydrogens is 176 g/mol. The van der Waals surface area contributed by atoms with Crippen LogP contribution in [-0.4, -0.2) is 34.3 Å². The lowest BCUT2D eigenvalue weighted by molar-refractivity contribution is 0.309. The molecule has 14 heavy (non-hydrogen) atoms. The van der Waals surface area contributed by atoms with Crippen molar-refractivity contribution in [1.82, 2.24) is 14.7 Å². The van der Waals surface area contributed by atoms with Crippen LogP contribution in [0.4, 0.5) is 5.82 Å². The lowest BCUT2D eigenvalue weighted by Gasteiger charge is -2.14. The summed E-state index contributed by atoms with van der Waals surface area (Å²) in [5.41, 5.74) is 5.53. The van der Waals surface area contributed by atoms with E-state index in [4.69, 9.17) is 5.73 Å². The molecule has 0 amide bonds. The third-order valence-corrected chi connectivity index (χ3v) is 2.73. The average Bonchev–Trinajstić information content (AvgIpc) is 2.92. The highest BCUT2D eigenvalue weighted by Crippen LogP contribution is 2.25. The number of nitrogens with zero attached hydrogens (tertiary/aromatic N) is 3. The minimum Gasteiger partial charge on any atom is -0.382 e. The maximum absolute atomic E-state index is 5.53. The Bertz CT molecular complexity index is 290. The molecule has 1 aliphatic carbocycles. The van der Waals surface area contributed by atoms with Crippen molar-refractivity contribution in [1.29, 1.82) is 0 Å². The Morgan fingerprint density at radius 3 is 3.00 bits per heavy atom. The summed E-state index contributed by atoms with van der Waals surface area (Å²) in [6, 6.07) is 2.70. The maximum atomic E-state index is 5.53. The standard InChI is InChI=1S/C10H18N4/c1-13(9-3-4-9)6-2-7-14-8-5-10(11)12-14/h5,8-9H,2-4,6-7H2,1H3,(H2,11,12). The van der Waals surface area contributed by atoms with E-state index in [1.54, 1.807) is 0 Å². The van der Waals surface area contributed by atoms with Crippen LogP contribution in [0.15, 0.2) is 12.3 Å². The second-order valence-electron chi connectivity index (χ2n) is 4.07. The fourth-order valence-corrected chi connectivity index (χ4v) is 1.68. The van der Waals surface area contributed by atoms with Gasteiger partial charge in [0.2, 0.25) is 0 Å². The summed E-state index contributed by atoms with van der Waals surface area (Å²) in [5.74, 6) is 0.612. The van der Waals surface area contributed by atoms with Gasteiger partial charge >= 0.3 is 0 Å². The average molecular weight is 194 g/mol. The zero-order chi connectivity index (χ0) is 9.97. The molecule has 2 N–H and O–H groups in total. The minimum atomic E-state index is 0.612. The van der Waals surface area contributed by atoms with Crippen LogP contribution in [0.1, 0.15) is 19.3 Å². The molecular formula is C10H18N4. The van der Waals surface area contributed by atoms with Crippen LogP contribution in [0.5, 0.6) is 0 Å². The lowest BCUT2D eigenvalue weighted by atomic mass is 10.4. The van der Waals surface area contributed by atoms with Crippen molar-refractivity contribution in [3.8, 4) is 0 Å². The van der Waals surface area contributed by atoms with Crippen molar-refractivity contribution in [3.05, 3.63) is 12.3 Å². The summed E-state index contributed by atoms with van der Waals surface area (Å²) < 4.78 is 1.91. The topological polar surface area (TPSA) is 47.1 Å². The van der Waals surface area contributed by atoms with Crippen molar-refractivity contribution in [2.45, 2.75) is 31.8 Å². The molecule has 0 unspecified atom stereocenters. The highest BCUT2D eigenvalue weighted by molar-refractivity contribution is 5.23. The zero-order valence-corrected chi connectivity index (χ0v) is 8.69. The summed E-state index contributed by atoms with van der Waals surface area (Å²) in [6.07, 6.45) is 5.84. The van der Waals surface area contributed by atoms with E-state index >= 15 is 0 Å². The molecule has 0 radical (unpaired) electrons. The second-order valence-corrected chi connectivity index (χ2v) is 4.07.